The summed E-state index contributed by atoms with van der Waals surface area (Å²) in [5.74, 6) is 0.961. The molecule has 0 spiro atoms. The van der Waals surface area contributed by atoms with Crippen LogP contribution in [0.25, 0.3) is 0 Å². The van der Waals surface area contributed by atoms with E-state index in [2.05, 4.69) is 5.32 Å². The first kappa shape index (κ1) is 8.05. The highest BCUT2D eigenvalue weighted by Crippen LogP contribution is 2.24. The largest absolute Gasteiger partial charge is 0.343 e. The normalized spacial score (nSPS) is 34.9. The van der Waals surface area contributed by atoms with Crippen LogP contribution in [0.4, 0.5) is 0 Å². The van der Waals surface area contributed by atoms with Crippen molar-refractivity contribution in [3.05, 3.63) is 0 Å². The second-order valence-electron chi connectivity index (χ2n) is 3.86. The Labute approximate surface area is 73.1 Å². The van der Waals surface area contributed by atoms with E-state index in [0.717, 1.165) is 32.0 Å². The fraction of sp³-hybridized carbons (Fsp3) is 0.889. The molecule has 0 aromatic rings. The summed E-state index contributed by atoms with van der Waals surface area (Å²) in [7, 11) is 0. The number of hydrogen-bond acceptors (Lipinski definition) is 2. The standard InChI is InChI=1S/C9H16N2O/c1-7(12)11-5-3-9-8(6-11)2-4-10-9/h8-10H,2-6H2,1H3/t8-,9+/m1/s1. The van der Waals surface area contributed by atoms with Gasteiger partial charge in [0, 0.05) is 26.1 Å². The highest BCUT2D eigenvalue weighted by atomic mass is 16.2. The van der Waals surface area contributed by atoms with Gasteiger partial charge in [0.2, 0.25) is 5.91 Å². The predicted molar refractivity (Wildman–Crippen MR) is 46.8 cm³/mol. The van der Waals surface area contributed by atoms with E-state index in [9.17, 15) is 4.79 Å². The Bertz CT molecular complexity index is 193. The van der Waals surface area contributed by atoms with Gasteiger partial charge in [0.25, 0.3) is 0 Å². The maximum absolute atomic E-state index is 11.1. The van der Waals surface area contributed by atoms with Crippen LogP contribution in [0, 0.1) is 5.92 Å². The van der Waals surface area contributed by atoms with Gasteiger partial charge in [-0.25, -0.2) is 0 Å². The summed E-state index contributed by atoms with van der Waals surface area (Å²) in [6.07, 6.45) is 2.39. The lowest BCUT2D eigenvalue weighted by molar-refractivity contribution is -0.130. The van der Waals surface area contributed by atoms with E-state index in [1.807, 2.05) is 4.90 Å². The molecule has 2 heterocycles. The first-order valence-electron chi connectivity index (χ1n) is 4.76. The second kappa shape index (κ2) is 3.05. The fourth-order valence-corrected chi connectivity index (χ4v) is 2.33. The van der Waals surface area contributed by atoms with Crippen LogP contribution in [0.2, 0.25) is 0 Å². The minimum atomic E-state index is 0.236. The molecule has 0 aromatic heterocycles. The molecule has 1 N–H and O–H groups in total. The lowest BCUT2D eigenvalue weighted by Crippen LogP contribution is -2.46. The Kier molecular flexibility index (Phi) is 2.05. The van der Waals surface area contributed by atoms with Gasteiger partial charge in [0.05, 0.1) is 0 Å². The third-order valence-corrected chi connectivity index (χ3v) is 3.10. The Morgan fingerprint density at radius 3 is 3.08 bits per heavy atom. The van der Waals surface area contributed by atoms with E-state index in [1.165, 1.54) is 6.42 Å². The average Bonchev–Trinajstić information content (AvgIpc) is 2.49. The number of carbonyl (C=O) groups excluding carboxylic acids is 1. The molecule has 2 saturated heterocycles. The summed E-state index contributed by atoms with van der Waals surface area (Å²) < 4.78 is 0. The third kappa shape index (κ3) is 1.33. The number of nitrogens with zero attached hydrogens (tertiary/aromatic N) is 1. The summed E-state index contributed by atoms with van der Waals surface area (Å²) in [4.78, 5) is 13.1. The number of fused-ring (bicyclic) bond motifs is 1. The van der Waals surface area contributed by atoms with Gasteiger partial charge in [-0.3, -0.25) is 4.79 Å². The van der Waals surface area contributed by atoms with E-state index in [1.54, 1.807) is 6.92 Å². The van der Waals surface area contributed by atoms with Gasteiger partial charge in [-0.15, -0.1) is 0 Å². The van der Waals surface area contributed by atoms with E-state index in [0.29, 0.717) is 6.04 Å². The number of hydrogen-bond donors (Lipinski definition) is 1. The Hall–Kier alpha value is -0.570. The van der Waals surface area contributed by atoms with Crippen molar-refractivity contribution < 1.29 is 4.79 Å². The molecule has 2 rings (SSSR count). The third-order valence-electron chi connectivity index (χ3n) is 3.10. The first-order chi connectivity index (χ1) is 5.77. The summed E-state index contributed by atoms with van der Waals surface area (Å²) in [6, 6.07) is 0.695. The van der Waals surface area contributed by atoms with E-state index in [4.69, 9.17) is 0 Å². The minimum Gasteiger partial charge on any atom is -0.343 e. The molecule has 0 unspecified atom stereocenters. The first-order valence-corrected chi connectivity index (χ1v) is 4.76. The molecule has 12 heavy (non-hydrogen) atoms. The van der Waals surface area contributed by atoms with E-state index >= 15 is 0 Å². The van der Waals surface area contributed by atoms with Gasteiger partial charge >= 0.3 is 0 Å². The van der Waals surface area contributed by atoms with E-state index < -0.39 is 0 Å². The molecule has 1 amide bonds. The van der Waals surface area contributed by atoms with Crippen molar-refractivity contribution in [1.29, 1.82) is 0 Å². The van der Waals surface area contributed by atoms with Gasteiger partial charge in [0.1, 0.15) is 0 Å². The summed E-state index contributed by atoms with van der Waals surface area (Å²) >= 11 is 0. The Morgan fingerprint density at radius 2 is 2.33 bits per heavy atom. The zero-order valence-corrected chi connectivity index (χ0v) is 7.55. The zero-order valence-electron chi connectivity index (χ0n) is 7.55. The molecule has 3 nitrogen and oxygen atoms in total. The second-order valence-corrected chi connectivity index (χ2v) is 3.86. The molecule has 0 radical (unpaired) electrons. The molecule has 0 saturated carbocycles. The van der Waals surface area contributed by atoms with Gasteiger partial charge in [0.15, 0.2) is 0 Å². The quantitative estimate of drug-likeness (QED) is 0.561. The van der Waals surface area contributed by atoms with Gasteiger partial charge in [-0.2, -0.15) is 0 Å². The number of carbonyl (C=O) groups is 1. The van der Waals surface area contributed by atoms with Crippen LogP contribution in [0.15, 0.2) is 0 Å². The molecule has 0 aromatic carbocycles. The van der Waals surface area contributed by atoms with Crippen molar-refractivity contribution in [3.8, 4) is 0 Å². The lowest BCUT2D eigenvalue weighted by atomic mass is 9.93. The Balaban J connectivity index is 1.96. The molecule has 2 aliphatic rings. The molecule has 3 heteroatoms. The smallest absolute Gasteiger partial charge is 0.219 e. The van der Waals surface area contributed by atoms with Crippen LogP contribution in [0.1, 0.15) is 19.8 Å². The van der Waals surface area contributed by atoms with Gasteiger partial charge < -0.3 is 10.2 Å². The topological polar surface area (TPSA) is 32.3 Å². The molecule has 2 atom stereocenters. The van der Waals surface area contributed by atoms with Crippen molar-refractivity contribution in [2.75, 3.05) is 19.6 Å². The van der Waals surface area contributed by atoms with Crippen molar-refractivity contribution >= 4 is 5.91 Å². The SMILES string of the molecule is CC(=O)N1CC[C@@H]2NCC[C@@H]2C1. The van der Waals surface area contributed by atoms with Crippen LogP contribution in [-0.2, 0) is 4.79 Å². The van der Waals surface area contributed by atoms with Crippen LogP contribution in [-0.4, -0.2) is 36.5 Å². The molecular weight excluding hydrogens is 152 g/mol. The van der Waals surface area contributed by atoms with Crippen molar-refractivity contribution in [3.63, 3.8) is 0 Å². The van der Waals surface area contributed by atoms with Gasteiger partial charge in [-0.1, -0.05) is 0 Å². The van der Waals surface area contributed by atoms with Crippen LogP contribution >= 0.6 is 0 Å². The molecule has 0 aliphatic carbocycles. The van der Waals surface area contributed by atoms with Crippen LogP contribution in [0.3, 0.4) is 0 Å². The van der Waals surface area contributed by atoms with Crippen molar-refractivity contribution in [1.82, 2.24) is 10.2 Å². The van der Waals surface area contributed by atoms with Crippen molar-refractivity contribution in [2.24, 2.45) is 5.92 Å². The number of nitrogens with one attached hydrogen (secondary N) is 1. The number of piperidine rings is 1. The molecule has 68 valence electrons. The van der Waals surface area contributed by atoms with E-state index in [-0.39, 0.29) is 5.91 Å². The van der Waals surface area contributed by atoms with Gasteiger partial charge in [-0.05, 0) is 25.3 Å². The highest BCUT2D eigenvalue weighted by Gasteiger charge is 2.33. The van der Waals surface area contributed by atoms with Crippen molar-refractivity contribution in [2.45, 2.75) is 25.8 Å². The molecule has 0 bridgehead atoms. The number of rotatable bonds is 0. The molecule has 2 fully saturated rings. The van der Waals surface area contributed by atoms with Crippen LogP contribution in [0.5, 0.6) is 0 Å². The number of likely N-dealkylation sites (tertiary alicyclic amines) is 1. The fourth-order valence-electron chi connectivity index (χ4n) is 2.33. The zero-order chi connectivity index (χ0) is 8.55. The van der Waals surface area contributed by atoms with Crippen LogP contribution < -0.4 is 5.32 Å². The molecule has 2 aliphatic heterocycles. The maximum atomic E-state index is 11.1. The average molecular weight is 168 g/mol. The maximum Gasteiger partial charge on any atom is 0.219 e. The highest BCUT2D eigenvalue weighted by molar-refractivity contribution is 5.73. The monoisotopic (exact) mass is 168 g/mol. The lowest BCUT2D eigenvalue weighted by Gasteiger charge is -2.34. The summed E-state index contributed by atoms with van der Waals surface area (Å²) in [6.45, 7) is 4.74. The summed E-state index contributed by atoms with van der Waals surface area (Å²) in [5.41, 5.74) is 0. The number of amides is 1. The minimum absolute atomic E-state index is 0.236. The summed E-state index contributed by atoms with van der Waals surface area (Å²) in [5, 5.41) is 3.48. The Morgan fingerprint density at radius 1 is 1.50 bits per heavy atom. The molecular formula is C9H16N2O. The predicted octanol–water partition coefficient (Wildman–Crippen LogP) is 0.217.